The van der Waals surface area contributed by atoms with E-state index in [9.17, 15) is 4.79 Å². The maximum Gasteiger partial charge on any atom is 0.233 e. The number of carbonyl (C=O) groups is 1. The highest BCUT2D eigenvalue weighted by Crippen LogP contribution is 2.20. The minimum atomic E-state index is 0.0356. The fourth-order valence-electron chi connectivity index (χ4n) is 2.47. The van der Waals surface area contributed by atoms with Crippen molar-refractivity contribution < 1.29 is 4.79 Å². The number of aryl methyl sites for hydroxylation is 2. The van der Waals surface area contributed by atoms with E-state index in [2.05, 4.69) is 29.4 Å². The van der Waals surface area contributed by atoms with Crippen molar-refractivity contribution in [3.05, 3.63) is 65.2 Å². The molecule has 0 aliphatic rings. The van der Waals surface area contributed by atoms with E-state index in [1.807, 2.05) is 55.6 Å². The molecule has 0 aliphatic carbocycles. The van der Waals surface area contributed by atoms with Crippen molar-refractivity contribution in [3.63, 3.8) is 0 Å². The Hall–Kier alpha value is -2.67. The van der Waals surface area contributed by atoms with Crippen LogP contribution >= 0.6 is 11.8 Å². The maximum atomic E-state index is 12.4. The van der Waals surface area contributed by atoms with Gasteiger partial charge in [-0.05, 0) is 53.1 Å². The van der Waals surface area contributed by atoms with Gasteiger partial charge in [0.25, 0.3) is 0 Å². The number of tetrazole rings is 1. The van der Waals surface area contributed by atoms with Gasteiger partial charge in [0, 0.05) is 13.6 Å². The smallest absolute Gasteiger partial charge is 0.233 e. The Morgan fingerprint density at radius 1 is 1.12 bits per heavy atom. The van der Waals surface area contributed by atoms with Gasteiger partial charge in [-0.3, -0.25) is 4.79 Å². The molecule has 3 aromatic rings. The highest BCUT2D eigenvalue weighted by atomic mass is 32.2. The van der Waals surface area contributed by atoms with E-state index in [4.69, 9.17) is 0 Å². The quantitative estimate of drug-likeness (QED) is 0.627. The molecule has 2 aromatic carbocycles. The van der Waals surface area contributed by atoms with E-state index < -0.39 is 0 Å². The molecular weight excluding hydrogens is 346 g/mol. The molecule has 0 saturated heterocycles. The molecule has 0 atom stereocenters. The molecular formula is C19H21N5OS. The third-order valence-corrected chi connectivity index (χ3v) is 5.09. The van der Waals surface area contributed by atoms with Crippen molar-refractivity contribution >= 4 is 17.7 Å². The standard InChI is InChI=1S/C19H21N5OS/c1-14-9-10-17(11-15(14)2)24-19(20-21-22-24)26-13-18(25)23(3)12-16-7-5-4-6-8-16/h4-11H,12-13H2,1-3H3. The van der Waals surface area contributed by atoms with Crippen molar-refractivity contribution in [2.45, 2.75) is 25.5 Å². The fraction of sp³-hybridized carbons (Fsp3) is 0.263. The molecule has 7 heteroatoms. The molecule has 3 rings (SSSR count). The fourth-order valence-corrected chi connectivity index (χ4v) is 3.30. The number of aromatic nitrogens is 4. The molecule has 0 spiro atoms. The first kappa shape index (κ1) is 18.1. The number of thioether (sulfide) groups is 1. The summed E-state index contributed by atoms with van der Waals surface area (Å²) in [5, 5.41) is 12.5. The number of amides is 1. The summed E-state index contributed by atoms with van der Waals surface area (Å²) in [5.41, 5.74) is 4.39. The second kappa shape index (κ2) is 8.14. The van der Waals surface area contributed by atoms with Crippen molar-refractivity contribution in [2.24, 2.45) is 0 Å². The SMILES string of the molecule is Cc1ccc(-n2nnnc2SCC(=O)N(C)Cc2ccccc2)cc1C. The molecule has 0 aliphatic heterocycles. The van der Waals surface area contributed by atoms with Gasteiger partial charge in [-0.2, -0.15) is 4.68 Å². The normalized spacial score (nSPS) is 10.7. The first-order valence-electron chi connectivity index (χ1n) is 8.31. The van der Waals surface area contributed by atoms with Crippen LogP contribution in [0.1, 0.15) is 16.7 Å². The van der Waals surface area contributed by atoms with Crippen LogP contribution in [0.4, 0.5) is 0 Å². The van der Waals surface area contributed by atoms with E-state index >= 15 is 0 Å². The number of hydrogen-bond donors (Lipinski definition) is 0. The molecule has 0 fully saturated rings. The summed E-state index contributed by atoms with van der Waals surface area (Å²) in [6, 6.07) is 16.0. The summed E-state index contributed by atoms with van der Waals surface area (Å²) < 4.78 is 1.67. The minimum absolute atomic E-state index is 0.0356. The molecule has 134 valence electrons. The zero-order valence-corrected chi connectivity index (χ0v) is 15.9. The van der Waals surface area contributed by atoms with Gasteiger partial charge in [0.1, 0.15) is 0 Å². The number of nitrogens with zero attached hydrogens (tertiary/aromatic N) is 5. The van der Waals surface area contributed by atoms with Crippen LogP contribution in [-0.4, -0.2) is 43.8 Å². The molecule has 0 bridgehead atoms. The number of benzene rings is 2. The summed E-state index contributed by atoms with van der Waals surface area (Å²) in [5.74, 6) is 0.322. The first-order chi connectivity index (χ1) is 12.5. The number of hydrogen-bond acceptors (Lipinski definition) is 5. The Bertz CT molecular complexity index is 894. The summed E-state index contributed by atoms with van der Waals surface area (Å²) in [6.45, 7) is 4.70. The van der Waals surface area contributed by atoms with Crippen LogP contribution in [0.25, 0.3) is 5.69 Å². The topological polar surface area (TPSA) is 63.9 Å². The highest BCUT2D eigenvalue weighted by Gasteiger charge is 2.14. The Morgan fingerprint density at radius 2 is 1.88 bits per heavy atom. The van der Waals surface area contributed by atoms with E-state index in [0.29, 0.717) is 11.7 Å². The van der Waals surface area contributed by atoms with Crippen LogP contribution in [-0.2, 0) is 11.3 Å². The Labute approximate surface area is 157 Å². The molecule has 1 heterocycles. The molecule has 0 radical (unpaired) electrons. The monoisotopic (exact) mass is 367 g/mol. The molecule has 6 nitrogen and oxygen atoms in total. The molecule has 26 heavy (non-hydrogen) atoms. The lowest BCUT2D eigenvalue weighted by Crippen LogP contribution is -2.27. The van der Waals surface area contributed by atoms with E-state index in [1.165, 1.54) is 22.9 Å². The van der Waals surface area contributed by atoms with Gasteiger partial charge in [0.15, 0.2) is 0 Å². The molecule has 0 unspecified atom stereocenters. The summed E-state index contributed by atoms with van der Waals surface area (Å²) in [7, 11) is 1.81. The molecule has 0 saturated carbocycles. The summed E-state index contributed by atoms with van der Waals surface area (Å²) in [4.78, 5) is 14.1. The summed E-state index contributed by atoms with van der Waals surface area (Å²) >= 11 is 1.34. The van der Waals surface area contributed by atoms with Crippen LogP contribution < -0.4 is 0 Å². The van der Waals surface area contributed by atoms with Gasteiger partial charge in [0.2, 0.25) is 11.1 Å². The average Bonchev–Trinajstić information content (AvgIpc) is 3.11. The van der Waals surface area contributed by atoms with E-state index in [1.54, 1.807) is 9.58 Å². The van der Waals surface area contributed by atoms with Gasteiger partial charge in [0.05, 0.1) is 11.4 Å². The lowest BCUT2D eigenvalue weighted by Gasteiger charge is -2.16. The van der Waals surface area contributed by atoms with Crippen LogP contribution in [0.5, 0.6) is 0 Å². The second-order valence-corrected chi connectivity index (χ2v) is 7.11. The van der Waals surface area contributed by atoms with Crippen molar-refractivity contribution in [3.8, 4) is 5.69 Å². The minimum Gasteiger partial charge on any atom is -0.341 e. The van der Waals surface area contributed by atoms with Gasteiger partial charge in [-0.1, -0.05) is 48.2 Å². The maximum absolute atomic E-state index is 12.4. The van der Waals surface area contributed by atoms with Gasteiger partial charge < -0.3 is 4.90 Å². The Morgan fingerprint density at radius 3 is 2.62 bits per heavy atom. The summed E-state index contributed by atoms with van der Waals surface area (Å²) in [6.07, 6.45) is 0. The van der Waals surface area contributed by atoms with E-state index in [0.717, 1.165) is 11.3 Å². The predicted octanol–water partition coefficient (Wildman–Crippen LogP) is 3.03. The van der Waals surface area contributed by atoms with Crippen LogP contribution in [0.2, 0.25) is 0 Å². The molecule has 1 aromatic heterocycles. The zero-order valence-electron chi connectivity index (χ0n) is 15.1. The van der Waals surface area contributed by atoms with Crippen molar-refractivity contribution in [1.82, 2.24) is 25.1 Å². The lowest BCUT2D eigenvalue weighted by atomic mass is 10.1. The predicted molar refractivity (Wildman–Crippen MR) is 102 cm³/mol. The zero-order chi connectivity index (χ0) is 18.5. The lowest BCUT2D eigenvalue weighted by molar-refractivity contribution is -0.127. The number of carbonyl (C=O) groups excluding carboxylic acids is 1. The van der Waals surface area contributed by atoms with Crippen LogP contribution in [0.3, 0.4) is 0 Å². The van der Waals surface area contributed by atoms with Gasteiger partial charge in [-0.15, -0.1) is 5.10 Å². The second-order valence-electron chi connectivity index (χ2n) is 6.17. The average molecular weight is 367 g/mol. The highest BCUT2D eigenvalue weighted by molar-refractivity contribution is 7.99. The Balaban J connectivity index is 1.64. The van der Waals surface area contributed by atoms with Crippen molar-refractivity contribution in [2.75, 3.05) is 12.8 Å². The van der Waals surface area contributed by atoms with Crippen molar-refractivity contribution in [1.29, 1.82) is 0 Å². The number of rotatable bonds is 6. The van der Waals surface area contributed by atoms with Crippen LogP contribution in [0.15, 0.2) is 53.7 Å². The van der Waals surface area contributed by atoms with Gasteiger partial charge in [-0.25, -0.2) is 0 Å². The van der Waals surface area contributed by atoms with E-state index in [-0.39, 0.29) is 11.7 Å². The molecule has 0 N–H and O–H groups in total. The Kier molecular flexibility index (Phi) is 5.68. The third kappa shape index (κ3) is 4.29. The van der Waals surface area contributed by atoms with Gasteiger partial charge >= 0.3 is 0 Å². The third-order valence-electron chi connectivity index (χ3n) is 4.19. The first-order valence-corrected chi connectivity index (χ1v) is 9.30. The van der Waals surface area contributed by atoms with Crippen LogP contribution in [0, 0.1) is 13.8 Å². The largest absolute Gasteiger partial charge is 0.341 e. The molecule has 1 amide bonds.